The van der Waals surface area contributed by atoms with Gasteiger partial charge in [0.05, 0.1) is 28.6 Å². The molecule has 0 aliphatic heterocycles. The van der Waals surface area contributed by atoms with Crippen molar-refractivity contribution in [1.82, 2.24) is 15.1 Å². The Morgan fingerprint density at radius 3 is 2.50 bits per heavy atom. The quantitative estimate of drug-likeness (QED) is 0.840. The van der Waals surface area contributed by atoms with Crippen molar-refractivity contribution in [1.29, 1.82) is 0 Å². The van der Waals surface area contributed by atoms with Gasteiger partial charge in [0.1, 0.15) is 0 Å². The summed E-state index contributed by atoms with van der Waals surface area (Å²) in [6, 6.07) is 0.248. The molecule has 1 aromatic rings. The number of hydrogen-bond donors (Lipinski definition) is 1. The largest absolute Gasteiger partial charge is 0.374 e. The van der Waals surface area contributed by atoms with E-state index < -0.39 is 0 Å². The molecule has 0 fully saturated rings. The van der Waals surface area contributed by atoms with E-state index >= 15 is 0 Å². The van der Waals surface area contributed by atoms with E-state index in [0.29, 0.717) is 6.61 Å². The molecule has 20 heavy (non-hydrogen) atoms. The van der Waals surface area contributed by atoms with Crippen LogP contribution >= 0.6 is 11.6 Å². The molecule has 1 aromatic heterocycles. The number of nitrogens with one attached hydrogen (secondary N) is 1. The van der Waals surface area contributed by atoms with Crippen molar-refractivity contribution in [3.63, 3.8) is 0 Å². The molecule has 0 aliphatic rings. The molecule has 1 rings (SSSR count). The van der Waals surface area contributed by atoms with Crippen molar-refractivity contribution in [3.8, 4) is 0 Å². The normalized spacial score (nSPS) is 13.8. The Morgan fingerprint density at radius 2 is 2.00 bits per heavy atom. The average Bonchev–Trinajstić information content (AvgIpc) is 2.63. The van der Waals surface area contributed by atoms with Gasteiger partial charge in [0, 0.05) is 19.0 Å². The molecule has 0 spiro atoms. The summed E-state index contributed by atoms with van der Waals surface area (Å²) in [6.45, 7) is 14.8. The first-order valence-corrected chi connectivity index (χ1v) is 7.75. The summed E-state index contributed by atoms with van der Waals surface area (Å²) < 4.78 is 7.89. The van der Waals surface area contributed by atoms with E-state index in [9.17, 15) is 0 Å². The molecule has 0 aromatic carbocycles. The number of aryl methyl sites for hydroxylation is 2. The third-order valence-corrected chi connectivity index (χ3v) is 3.59. The standard InChI is InChI=1S/C15H28ClN3O/c1-7-17-12(10-20-15(4,5)6)9-13-14(16)11(3)18-19(13)8-2/h12,17H,7-10H2,1-6H3. The lowest BCUT2D eigenvalue weighted by Crippen LogP contribution is -2.38. The second kappa shape index (κ2) is 7.43. The fourth-order valence-electron chi connectivity index (χ4n) is 2.13. The first-order chi connectivity index (χ1) is 9.28. The van der Waals surface area contributed by atoms with Crippen molar-refractivity contribution in [2.24, 2.45) is 0 Å². The van der Waals surface area contributed by atoms with Gasteiger partial charge in [-0.1, -0.05) is 18.5 Å². The maximum atomic E-state index is 6.38. The van der Waals surface area contributed by atoms with Crippen LogP contribution in [0.2, 0.25) is 5.02 Å². The molecule has 5 heteroatoms. The van der Waals surface area contributed by atoms with Gasteiger partial charge in [-0.2, -0.15) is 5.10 Å². The molecule has 4 nitrogen and oxygen atoms in total. The molecule has 1 atom stereocenters. The topological polar surface area (TPSA) is 39.1 Å². The van der Waals surface area contributed by atoms with Gasteiger partial charge in [0.15, 0.2) is 0 Å². The number of hydrogen-bond acceptors (Lipinski definition) is 3. The first kappa shape index (κ1) is 17.5. The van der Waals surface area contributed by atoms with Crippen LogP contribution in [0.5, 0.6) is 0 Å². The number of nitrogens with zero attached hydrogens (tertiary/aromatic N) is 2. The SMILES string of the molecule is CCNC(COC(C)(C)C)Cc1c(Cl)c(C)nn1CC. The van der Waals surface area contributed by atoms with E-state index in [0.717, 1.165) is 35.9 Å². The maximum absolute atomic E-state index is 6.38. The highest BCUT2D eigenvalue weighted by molar-refractivity contribution is 6.31. The molecular weight excluding hydrogens is 274 g/mol. The van der Waals surface area contributed by atoms with E-state index in [1.807, 2.05) is 11.6 Å². The van der Waals surface area contributed by atoms with Crippen molar-refractivity contribution in [2.75, 3.05) is 13.2 Å². The zero-order chi connectivity index (χ0) is 15.3. The Morgan fingerprint density at radius 1 is 1.35 bits per heavy atom. The summed E-state index contributed by atoms with van der Waals surface area (Å²) in [6.07, 6.45) is 0.831. The number of halogens is 1. The average molecular weight is 302 g/mol. The fraction of sp³-hybridized carbons (Fsp3) is 0.800. The van der Waals surface area contributed by atoms with Crippen LogP contribution in [-0.2, 0) is 17.7 Å². The number of likely N-dealkylation sites (N-methyl/N-ethyl adjacent to an activating group) is 1. The Hall–Kier alpha value is -0.580. The molecule has 0 amide bonds. The van der Waals surface area contributed by atoms with Gasteiger partial charge in [0.25, 0.3) is 0 Å². The van der Waals surface area contributed by atoms with Crippen LogP contribution in [0.3, 0.4) is 0 Å². The number of ether oxygens (including phenoxy) is 1. The second-order valence-corrected chi connectivity index (χ2v) is 6.42. The first-order valence-electron chi connectivity index (χ1n) is 7.37. The van der Waals surface area contributed by atoms with Crippen molar-refractivity contribution in [2.45, 2.75) is 66.2 Å². The molecule has 0 saturated heterocycles. The summed E-state index contributed by atoms with van der Waals surface area (Å²) in [5, 5.41) is 8.72. The van der Waals surface area contributed by atoms with Crippen molar-refractivity contribution < 1.29 is 4.74 Å². The van der Waals surface area contributed by atoms with Crippen LogP contribution in [0.4, 0.5) is 0 Å². The Bertz CT molecular complexity index is 423. The lowest BCUT2D eigenvalue weighted by molar-refractivity contribution is -0.0143. The van der Waals surface area contributed by atoms with E-state index in [1.165, 1.54) is 0 Å². The lowest BCUT2D eigenvalue weighted by Gasteiger charge is -2.25. The fourth-order valence-corrected chi connectivity index (χ4v) is 2.34. The molecule has 1 N–H and O–H groups in total. The van der Waals surface area contributed by atoms with E-state index in [1.54, 1.807) is 0 Å². The van der Waals surface area contributed by atoms with Gasteiger partial charge < -0.3 is 10.1 Å². The van der Waals surface area contributed by atoms with Gasteiger partial charge in [-0.25, -0.2) is 0 Å². The van der Waals surface area contributed by atoms with Crippen molar-refractivity contribution in [3.05, 3.63) is 16.4 Å². The van der Waals surface area contributed by atoms with Crippen molar-refractivity contribution >= 4 is 11.6 Å². The summed E-state index contributed by atoms with van der Waals surface area (Å²) in [5.41, 5.74) is 1.86. The number of aromatic nitrogens is 2. The molecular formula is C15H28ClN3O. The molecule has 1 heterocycles. The molecule has 0 bridgehead atoms. The molecule has 1 unspecified atom stereocenters. The predicted molar refractivity (Wildman–Crippen MR) is 84.5 cm³/mol. The minimum absolute atomic E-state index is 0.127. The second-order valence-electron chi connectivity index (χ2n) is 6.04. The van der Waals surface area contributed by atoms with E-state index in [4.69, 9.17) is 16.3 Å². The van der Waals surface area contributed by atoms with Crippen LogP contribution in [0.15, 0.2) is 0 Å². The number of rotatable bonds is 7. The van der Waals surface area contributed by atoms with Crippen LogP contribution in [-0.4, -0.2) is 34.6 Å². The van der Waals surface area contributed by atoms with E-state index in [2.05, 4.69) is 45.0 Å². The third kappa shape index (κ3) is 5.08. The van der Waals surface area contributed by atoms with Gasteiger partial charge in [-0.3, -0.25) is 4.68 Å². The van der Waals surface area contributed by atoms with Crippen LogP contribution in [0, 0.1) is 6.92 Å². The smallest absolute Gasteiger partial charge is 0.0847 e. The molecule has 116 valence electrons. The zero-order valence-corrected chi connectivity index (χ0v) is 14.3. The van der Waals surface area contributed by atoms with Gasteiger partial charge in [0.2, 0.25) is 0 Å². The van der Waals surface area contributed by atoms with Gasteiger partial charge in [-0.05, 0) is 41.2 Å². The van der Waals surface area contributed by atoms with Crippen LogP contribution in [0.1, 0.15) is 46.0 Å². The van der Waals surface area contributed by atoms with Crippen LogP contribution < -0.4 is 5.32 Å². The van der Waals surface area contributed by atoms with Gasteiger partial charge in [-0.15, -0.1) is 0 Å². The highest BCUT2D eigenvalue weighted by atomic mass is 35.5. The predicted octanol–water partition coefficient (Wildman–Crippen LogP) is 3.20. The highest BCUT2D eigenvalue weighted by Gasteiger charge is 2.20. The Labute approximate surface area is 127 Å². The maximum Gasteiger partial charge on any atom is 0.0847 e. The van der Waals surface area contributed by atoms with Crippen LogP contribution in [0.25, 0.3) is 0 Å². The monoisotopic (exact) mass is 301 g/mol. The summed E-state index contributed by atoms with van der Waals surface area (Å²) in [4.78, 5) is 0. The zero-order valence-electron chi connectivity index (χ0n) is 13.6. The minimum Gasteiger partial charge on any atom is -0.374 e. The summed E-state index contributed by atoms with van der Waals surface area (Å²) in [5.74, 6) is 0. The summed E-state index contributed by atoms with van der Waals surface area (Å²) in [7, 11) is 0. The Kier molecular flexibility index (Phi) is 6.49. The molecule has 0 radical (unpaired) electrons. The molecule has 0 aliphatic carbocycles. The third-order valence-electron chi connectivity index (χ3n) is 3.10. The molecule has 0 saturated carbocycles. The Balaban J connectivity index is 2.79. The minimum atomic E-state index is -0.127. The van der Waals surface area contributed by atoms with E-state index in [-0.39, 0.29) is 11.6 Å². The highest BCUT2D eigenvalue weighted by Crippen LogP contribution is 2.22. The van der Waals surface area contributed by atoms with Gasteiger partial charge >= 0.3 is 0 Å². The summed E-state index contributed by atoms with van der Waals surface area (Å²) >= 11 is 6.38. The lowest BCUT2D eigenvalue weighted by atomic mass is 10.1.